The molecule has 2 nitrogen and oxygen atoms in total. The Kier molecular flexibility index (Phi) is 5.67. The zero-order chi connectivity index (χ0) is 17.8. The molecule has 134 valence electrons. The first kappa shape index (κ1) is 18.2. The predicted molar refractivity (Wildman–Crippen MR) is 108 cm³/mol. The summed E-state index contributed by atoms with van der Waals surface area (Å²) < 4.78 is 6.86. The van der Waals surface area contributed by atoms with Gasteiger partial charge >= 0.3 is 0 Å². The van der Waals surface area contributed by atoms with E-state index in [1.807, 2.05) is 0 Å². The van der Waals surface area contributed by atoms with E-state index >= 15 is 0 Å². The van der Waals surface area contributed by atoms with E-state index in [1.54, 1.807) is 0 Å². The third kappa shape index (κ3) is 3.84. The molecule has 3 heteroatoms. The van der Waals surface area contributed by atoms with Crippen molar-refractivity contribution in [1.82, 2.24) is 5.32 Å². The fourth-order valence-electron chi connectivity index (χ4n) is 3.35. The van der Waals surface area contributed by atoms with Gasteiger partial charge < -0.3 is 9.50 Å². The van der Waals surface area contributed by atoms with Crippen LogP contribution in [0.5, 0.6) is 0 Å². The molecule has 0 aliphatic carbocycles. The highest BCUT2D eigenvalue weighted by atomic mass is 32.3. The largest absolute Gasteiger partial charge is 0.326 e. The molecule has 0 saturated carbocycles. The Morgan fingerprint density at radius 3 is 1.96 bits per heavy atom. The number of benzene rings is 2. The summed E-state index contributed by atoms with van der Waals surface area (Å²) in [5.74, 6) is 0. The molecule has 1 heterocycles. The van der Waals surface area contributed by atoms with Crippen LogP contribution in [0, 0.1) is 0 Å². The SMILES string of the molecule is CC(C)(C)S(OC[C@@H]1C=CCCN1)(c1ccccc1)c1ccccc1. The molecular weight excluding hydrogens is 326 g/mol. The Morgan fingerprint density at radius 2 is 1.52 bits per heavy atom. The molecule has 1 atom stereocenters. The average Bonchev–Trinajstić information content (AvgIpc) is 2.64. The second kappa shape index (κ2) is 7.77. The molecule has 3 rings (SSSR count). The molecule has 1 aliphatic rings. The maximum Gasteiger partial charge on any atom is 0.0790 e. The number of hydrogen-bond donors (Lipinski definition) is 1. The van der Waals surface area contributed by atoms with E-state index in [-0.39, 0.29) is 10.8 Å². The summed E-state index contributed by atoms with van der Waals surface area (Å²) in [4.78, 5) is 2.57. The third-order valence-electron chi connectivity index (χ3n) is 4.52. The first-order valence-electron chi connectivity index (χ1n) is 9.01. The number of rotatable bonds is 5. The topological polar surface area (TPSA) is 21.3 Å². The van der Waals surface area contributed by atoms with Crippen LogP contribution in [-0.4, -0.2) is 23.9 Å². The number of hydrogen-bond acceptors (Lipinski definition) is 2. The van der Waals surface area contributed by atoms with Crippen LogP contribution in [0.1, 0.15) is 27.2 Å². The van der Waals surface area contributed by atoms with Gasteiger partial charge in [0.25, 0.3) is 0 Å². The van der Waals surface area contributed by atoms with Crippen LogP contribution in [0.4, 0.5) is 0 Å². The minimum atomic E-state index is -1.64. The van der Waals surface area contributed by atoms with E-state index in [9.17, 15) is 0 Å². The highest BCUT2D eigenvalue weighted by Crippen LogP contribution is 2.71. The van der Waals surface area contributed by atoms with Crippen molar-refractivity contribution in [2.45, 2.75) is 47.8 Å². The minimum Gasteiger partial charge on any atom is -0.326 e. The molecule has 0 aromatic heterocycles. The zero-order valence-electron chi connectivity index (χ0n) is 15.4. The van der Waals surface area contributed by atoms with Crippen LogP contribution in [0.25, 0.3) is 0 Å². The molecule has 0 bridgehead atoms. The smallest absolute Gasteiger partial charge is 0.0790 e. The van der Waals surface area contributed by atoms with E-state index in [4.69, 9.17) is 4.18 Å². The van der Waals surface area contributed by atoms with Gasteiger partial charge in [0.05, 0.1) is 6.61 Å². The average molecular weight is 356 g/mol. The maximum absolute atomic E-state index is 6.88. The first-order chi connectivity index (χ1) is 12.0. The van der Waals surface area contributed by atoms with Crippen molar-refractivity contribution in [3.63, 3.8) is 0 Å². The lowest BCUT2D eigenvalue weighted by Crippen LogP contribution is -2.37. The molecule has 0 amide bonds. The van der Waals surface area contributed by atoms with E-state index in [1.165, 1.54) is 9.79 Å². The summed E-state index contributed by atoms with van der Waals surface area (Å²) in [5, 5.41) is 3.55. The quantitative estimate of drug-likeness (QED) is 0.709. The van der Waals surface area contributed by atoms with Crippen LogP contribution in [0.3, 0.4) is 0 Å². The van der Waals surface area contributed by atoms with Gasteiger partial charge in [0, 0.05) is 20.6 Å². The van der Waals surface area contributed by atoms with Crippen molar-refractivity contribution in [2.75, 3.05) is 13.2 Å². The molecule has 2 aromatic carbocycles. The first-order valence-corrected chi connectivity index (χ1v) is 10.6. The van der Waals surface area contributed by atoms with Crippen molar-refractivity contribution in [3.05, 3.63) is 72.8 Å². The van der Waals surface area contributed by atoms with Gasteiger partial charge in [-0.25, -0.2) is 0 Å². The lowest BCUT2D eigenvalue weighted by molar-refractivity contribution is 0.305. The van der Waals surface area contributed by atoms with Gasteiger partial charge in [-0.1, -0.05) is 58.9 Å². The van der Waals surface area contributed by atoms with Crippen LogP contribution in [0.15, 0.2) is 82.6 Å². The molecule has 0 radical (unpaired) electrons. The summed E-state index contributed by atoms with van der Waals surface area (Å²) in [5.41, 5.74) is 0. The summed E-state index contributed by atoms with van der Waals surface area (Å²) in [6.07, 6.45) is 5.60. The summed E-state index contributed by atoms with van der Waals surface area (Å²) in [6.45, 7) is 8.61. The predicted octanol–water partition coefficient (Wildman–Crippen LogP) is 5.56. The van der Waals surface area contributed by atoms with E-state index < -0.39 is 10.3 Å². The Labute approximate surface area is 153 Å². The maximum atomic E-state index is 6.88. The molecule has 0 fully saturated rings. The van der Waals surface area contributed by atoms with Crippen molar-refractivity contribution >= 4 is 10.3 Å². The van der Waals surface area contributed by atoms with Gasteiger partial charge in [-0.3, -0.25) is 0 Å². The summed E-state index contributed by atoms with van der Waals surface area (Å²) in [6, 6.07) is 21.8. The van der Waals surface area contributed by atoms with Crippen LogP contribution >= 0.6 is 10.3 Å². The van der Waals surface area contributed by atoms with Gasteiger partial charge in [-0.15, -0.1) is 0 Å². The van der Waals surface area contributed by atoms with Gasteiger partial charge in [0.1, 0.15) is 0 Å². The lowest BCUT2D eigenvalue weighted by Gasteiger charge is -2.50. The number of nitrogens with one attached hydrogen (secondary N) is 1. The van der Waals surface area contributed by atoms with E-state index in [0.717, 1.165) is 13.0 Å². The van der Waals surface area contributed by atoms with Gasteiger partial charge in [0.2, 0.25) is 0 Å². The van der Waals surface area contributed by atoms with E-state index in [0.29, 0.717) is 6.61 Å². The minimum absolute atomic E-state index is 0.0198. The van der Waals surface area contributed by atoms with Crippen molar-refractivity contribution < 1.29 is 4.18 Å². The Morgan fingerprint density at radius 1 is 0.960 bits per heavy atom. The van der Waals surface area contributed by atoms with Crippen molar-refractivity contribution in [2.24, 2.45) is 0 Å². The molecule has 1 aliphatic heterocycles. The molecule has 25 heavy (non-hydrogen) atoms. The Bertz CT molecular complexity index is 651. The van der Waals surface area contributed by atoms with Crippen LogP contribution < -0.4 is 5.32 Å². The molecule has 1 N–H and O–H groups in total. The zero-order valence-corrected chi connectivity index (χ0v) is 16.3. The fourth-order valence-corrected chi connectivity index (χ4v) is 7.09. The van der Waals surface area contributed by atoms with Crippen LogP contribution in [-0.2, 0) is 4.18 Å². The van der Waals surface area contributed by atoms with Gasteiger partial charge in [-0.2, -0.15) is 0 Å². The highest BCUT2D eigenvalue weighted by molar-refractivity contribution is 8.31. The lowest BCUT2D eigenvalue weighted by atomic mass is 10.2. The molecule has 2 aromatic rings. The van der Waals surface area contributed by atoms with E-state index in [2.05, 4.69) is 98.9 Å². The molecule has 0 unspecified atom stereocenters. The fraction of sp³-hybridized carbons (Fsp3) is 0.364. The van der Waals surface area contributed by atoms with Crippen molar-refractivity contribution in [1.29, 1.82) is 0 Å². The second-order valence-electron chi connectivity index (χ2n) is 7.36. The highest BCUT2D eigenvalue weighted by Gasteiger charge is 2.41. The molecule has 0 spiro atoms. The van der Waals surface area contributed by atoms with Crippen molar-refractivity contribution in [3.8, 4) is 0 Å². The monoisotopic (exact) mass is 355 g/mol. The molecule has 0 saturated heterocycles. The van der Waals surface area contributed by atoms with Crippen LogP contribution in [0.2, 0.25) is 0 Å². The third-order valence-corrected chi connectivity index (χ3v) is 8.61. The standard InChI is InChI=1S/C22H29NOS/c1-22(2,3)25(20-13-6-4-7-14-20,21-15-8-5-9-16-21)24-18-19-12-10-11-17-23-19/h4-10,12-16,19,23H,11,17-18H2,1-3H3/t19-/m0/s1. The summed E-state index contributed by atoms with van der Waals surface area (Å²) >= 11 is 0. The Hall–Kier alpha value is -1.55. The van der Waals surface area contributed by atoms with Gasteiger partial charge in [0.15, 0.2) is 0 Å². The van der Waals surface area contributed by atoms with Gasteiger partial charge in [-0.05, 0) is 58.0 Å². The second-order valence-corrected chi connectivity index (χ2v) is 10.9. The normalized spacial score (nSPS) is 18.9. The molecular formula is C22H29NOS. The summed E-state index contributed by atoms with van der Waals surface area (Å²) in [7, 11) is -1.64. The Balaban J connectivity index is 2.05.